The molecule has 1 aliphatic carbocycles. The minimum atomic E-state index is 0.600. The van der Waals surface area contributed by atoms with E-state index in [4.69, 9.17) is 19.7 Å². The van der Waals surface area contributed by atoms with Crippen LogP contribution < -0.4 is 9.64 Å². The van der Waals surface area contributed by atoms with E-state index in [0.717, 1.165) is 91.6 Å². The number of aryl methyl sites for hydroxylation is 1. The summed E-state index contributed by atoms with van der Waals surface area (Å²) in [5.41, 5.74) is 15.2. The van der Waals surface area contributed by atoms with Gasteiger partial charge < -0.3 is 9.64 Å². The van der Waals surface area contributed by atoms with Gasteiger partial charge in [0.25, 0.3) is 0 Å². The van der Waals surface area contributed by atoms with Crippen molar-refractivity contribution in [3.05, 3.63) is 218 Å². The summed E-state index contributed by atoms with van der Waals surface area (Å²) in [6.45, 7) is 0. The normalized spacial score (nSPS) is 12.7. The Balaban J connectivity index is 0.950. The molecule has 0 spiro atoms. The van der Waals surface area contributed by atoms with E-state index in [9.17, 15) is 0 Å². The van der Waals surface area contributed by atoms with Crippen molar-refractivity contribution in [2.45, 2.75) is 12.8 Å². The SMILES string of the molecule is C1=Cc2c(c3ccc(-c4cccc(-c5ccc6c(c5)Oc5ccccc5N6c5cccc(-c6ccccc6)c5)c4)cc3n2-c2nc(-c3ccccc3)nc(-c3ccccc3)n2)CC1. The van der Waals surface area contributed by atoms with Gasteiger partial charge in [-0.3, -0.25) is 4.57 Å². The summed E-state index contributed by atoms with van der Waals surface area (Å²) in [5.74, 6) is 3.50. The Bertz CT molecular complexity index is 3320. The summed E-state index contributed by atoms with van der Waals surface area (Å²) in [7, 11) is 0. The molecule has 2 aromatic heterocycles. The highest BCUT2D eigenvalue weighted by Crippen LogP contribution is 2.51. The third kappa shape index (κ3) is 6.57. The zero-order valence-electron chi connectivity index (χ0n) is 34.3. The zero-order chi connectivity index (χ0) is 41.7. The van der Waals surface area contributed by atoms with Crippen LogP contribution >= 0.6 is 0 Å². The largest absolute Gasteiger partial charge is 0.453 e. The first-order valence-electron chi connectivity index (χ1n) is 21.4. The number of hydrogen-bond acceptors (Lipinski definition) is 5. The van der Waals surface area contributed by atoms with Crippen LogP contribution in [0, 0.1) is 0 Å². The molecule has 0 amide bonds. The van der Waals surface area contributed by atoms with Gasteiger partial charge in [-0.25, -0.2) is 4.98 Å². The minimum absolute atomic E-state index is 0.600. The fourth-order valence-corrected chi connectivity index (χ4v) is 9.08. The maximum absolute atomic E-state index is 6.67. The number of fused-ring (bicyclic) bond motifs is 5. The van der Waals surface area contributed by atoms with Crippen LogP contribution in [-0.2, 0) is 6.42 Å². The molecule has 0 unspecified atom stereocenters. The molecule has 2 aliphatic rings. The second-order valence-electron chi connectivity index (χ2n) is 16.0. The molecule has 1 aliphatic heterocycles. The molecule has 0 saturated heterocycles. The molecule has 12 rings (SSSR count). The number of allylic oxidation sites excluding steroid dienone is 1. The molecule has 0 saturated carbocycles. The van der Waals surface area contributed by atoms with Crippen LogP contribution in [0.5, 0.6) is 11.5 Å². The van der Waals surface area contributed by atoms with Gasteiger partial charge in [0.2, 0.25) is 5.95 Å². The summed E-state index contributed by atoms with van der Waals surface area (Å²) in [6.07, 6.45) is 6.42. The van der Waals surface area contributed by atoms with Gasteiger partial charge in [0.1, 0.15) is 0 Å². The van der Waals surface area contributed by atoms with Crippen LogP contribution in [0.4, 0.5) is 17.1 Å². The van der Waals surface area contributed by atoms with E-state index in [1.54, 1.807) is 0 Å². The molecule has 10 aromatic rings. The van der Waals surface area contributed by atoms with Gasteiger partial charge in [-0.2, -0.15) is 9.97 Å². The fourth-order valence-electron chi connectivity index (χ4n) is 9.08. The van der Waals surface area contributed by atoms with Crippen molar-refractivity contribution in [3.8, 4) is 73.6 Å². The number of aromatic nitrogens is 4. The van der Waals surface area contributed by atoms with Crippen LogP contribution in [0.2, 0.25) is 0 Å². The van der Waals surface area contributed by atoms with Gasteiger partial charge in [-0.05, 0) is 106 Å². The van der Waals surface area contributed by atoms with Gasteiger partial charge in [-0.15, -0.1) is 0 Å². The van der Waals surface area contributed by atoms with Gasteiger partial charge in [0.05, 0.1) is 22.6 Å². The van der Waals surface area contributed by atoms with Crippen molar-refractivity contribution in [1.82, 2.24) is 19.5 Å². The fraction of sp³-hybridized carbons (Fsp3) is 0.0351. The van der Waals surface area contributed by atoms with Crippen molar-refractivity contribution in [2.75, 3.05) is 4.90 Å². The van der Waals surface area contributed by atoms with Crippen LogP contribution in [0.15, 0.2) is 206 Å². The lowest BCUT2D eigenvalue weighted by atomic mass is 9.96. The molecular formula is C57H39N5O. The number of ether oxygens (including phenoxy) is 1. The van der Waals surface area contributed by atoms with Crippen molar-refractivity contribution in [2.24, 2.45) is 0 Å². The van der Waals surface area contributed by atoms with Crippen molar-refractivity contribution in [3.63, 3.8) is 0 Å². The Hall–Kier alpha value is -8.35. The molecule has 0 bridgehead atoms. The first-order chi connectivity index (χ1) is 31.2. The van der Waals surface area contributed by atoms with Crippen LogP contribution in [0.25, 0.3) is 79.1 Å². The summed E-state index contributed by atoms with van der Waals surface area (Å²) in [5, 5.41) is 1.21. The van der Waals surface area contributed by atoms with E-state index in [1.165, 1.54) is 16.5 Å². The average Bonchev–Trinajstić information content (AvgIpc) is 3.70. The molecule has 298 valence electrons. The van der Waals surface area contributed by atoms with E-state index in [-0.39, 0.29) is 0 Å². The standard InChI is InChI=1S/C57H39N5O/c1-4-16-38(17-5-1)43-24-15-25-46(35-43)61-50-28-12-13-29-53(50)63-54-37-45(31-33-51(54)61)42-23-14-22-41(34-42)44-30-32-48-47-26-10-11-27-49(47)62(52(48)36-44)57-59-55(39-18-6-2-7-19-39)58-56(60-57)40-20-8-3-9-21-40/h1-9,11-25,27-37H,10,26H2. The highest BCUT2D eigenvalue weighted by atomic mass is 16.5. The quantitative estimate of drug-likeness (QED) is 0.160. The molecule has 63 heavy (non-hydrogen) atoms. The Kier molecular flexibility index (Phi) is 8.85. The van der Waals surface area contributed by atoms with Gasteiger partial charge in [0, 0.05) is 22.2 Å². The summed E-state index contributed by atoms with van der Waals surface area (Å²) >= 11 is 0. The number of rotatable bonds is 7. The Labute approximate surface area is 365 Å². The van der Waals surface area contributed by atoms with Crippen molar-refractivity contribution >= 4 is 34.0 Å². The Morgan fingerprint density at radius 2 is 1.00 bits per heavy atom. The Morgan fingerprint density at radius 3 is 1.73 bits per heavy atom. The minimum Gasteiger partial charge on any atom is -0.453 e. The highest BCUT2D eigenvalue weighted by Gasteiger charge is 2.27. The number of para-hydroxylation sites is 2. The summed E-state index contributed by atoms with van der Waals surface area (Å²) in [4.78, 5) is 17.6. The predicted octanol–water partition coefficient (Wildman–Crippen LogP) is 14.7. The smallest absolute Gasteiger partial charge is 0.238 e. The molecule has 0 fully saturated rings. The molecular weight excluding hydrogens is 771 g/mol. The average molecular weight is 810 g/mol. The van der Waals surface area contributed by atoms with Gasteiger partial charge in [-0.1, -0.05) is 158 Å². The number of nitrogens with zero attached hydrogens (tertiary/aromatic N) is 5. The number of hydrogen-bond donors (Lipinski definition) is 0. The molecule has 8 aromatic carbocycles. The maximum Gasteiger partial charge on any atom is 0.238 e. The molecule has 0 N–H and O–H groups in total. The van der Waals surface area contributed by atoms with Crippen LogP contribution in [0.1, 0.15) is 17.7 Å². The van der Waals surface area contributed by atoms with Gasteiger partial charge >= 0.3 is 0 Å². The van der Waals surface area contributed by atoms with E-state index in [1.807, 2.05) is 48.5 Å². The molecule has 3 heterocycles. The topological polar surface area (TPSA) is 56.1 Å². The first-order valence-corrected chi connectivity index (χ1v) is 21.4. The van der Waals surface area contributed by atoms with E-state index < -0.39 is 0 Å². The van der Waals surface area contributed by atoms with Crippen molar-refractivity contribution in [1.29, 1.82) is 0 Å². The monoisotopic (exact) mass is 809 g/mol. The third-order valence-electron chi connectivity index (χ3n) is 12.1. The van der Waals surface area contributed by atoms with Crippen LogP contribution in [-0.4, -0.2) is 19.5 Å². The second-order valence-corrected chi connectivity index (χ2v) is 16.0. The molecule has 6 heteroatoms. The van der Waals surface area contributed by atoms with Crippen LogP contribution in [0.3, 0.4) is 0 Å². The molecule has 6 nitrogen and oxygen atoms in total. The van der Waals surface area contributed by atoms with E-state index in [2.05, 4.69) is 173 Å². The molecule has 0 atom stereocenters. The number of anilines is 3. The van der Waals surface area contributed by atoms with Crippen molar-refractivity contribution < 1.29 is 4.74 Å². The zero-order valence-corrected chi connectivity index (χ0v) is 34.3. The first kappa shape index (κ1) is 36.5. The lowest BCUT2D eigenvalue weighted by Crippen LogP contribution is -2.15. The van der Waals surface area contributed by atoms with E-state index in [0.29, 0.717) is 17.6 Å². The maximum atomic E-state index is 6.67. The number of benzene rings is 8. The predicted molar refractivity (Wildman–Crippen MR) is 256 cm³/mol. The lowest BCUT2D eigenvalue weighted by Gasteiger charge is -2.33. The third-order valence-corrected chi connectivity index (χ3v) is 12.1. The second kappa shape index (κ2) is 15.3. The van der Waals surface area contributed by atoms with Gasteiger partial charge in [0.15, 0.2) is 23.1 Å². The summed E-state index contributed by atoms with van der Waals surface area (Å²) < 4.78 is 8.90. The van der Waals surface area contributed by atoms with E-state index >= 15 is 0 Å². The molecule has 0 radical (unpaired) electrons. The Morgan fingerprint density at radius 1 is 0.429 bits per heavy atom. The summed E-state index contributed by atoms with van der Waals surface area (Å²) in [6, 6.07) is 70.0. The highest BCUT2D eigenvalue weighted by molar-refractivity contribution is 5.94. The lowest BCUT2D eigenvalue weighted by molar-refractivity contribution is 0.477.